The molecule has 0 saturated carbocycles. The van der Waals surface area contributed by atoms with Crippen molar-refractivity contribution in [2.45, 2.75) is 19.3 Å². The first-order chi connectivity index (χ1) is 12.7. The highest BCUT2D eigenvalue weighted by molar-refractivity contribution is 7.21. The Labute approximate surface area is 156 Å². The fourth-order valence-electron chi connectivity index (χ4n) is 4.11. The predicted octanol–water partition coefficient (Wildman–Crippen LogP) is 3.77. The Morgan fingerprint density at radius 1 is 1.15 bits per heavy atom. The van der Waals surface area contributed by atoms with Gasteiger partial charge in [0.1, 0.15) is 0 Å². The van der Waals surface area contributed by atoms with Gasteiger partial charge in [0.2, 0.25) is 0 Å². The maximum atomic E-state index is 12.8. The largest absolute Gasteiger partial charge is 0.448 e. The molecule has 0 bridgehead atoms. The van der Waals surface area contributed by atoms with E-state index in [4.69, 9.17) is 4.42 Å². The SMILES string of the molecule is O=C(c1ccc(-c2nc3ccccc3s2)o1)N1CCC2(CCNC2)CC1. The maximum Gasteiger partial charge on any atom is 0.289 e. The smallest absolute Gasteiger partial charge is 0.289 e. The molecule has 0 unspecified atom stereocenters. The summed E-state index contributed by atoms with van der Waals surface area (Å²) in [6.07, 6.45) is 3.39. The van der Waals surface area contributed by atoms with Gasteiger partial charge in [0.15, 0.2) is 16.5 Å². The number of rotatable bonds is 2. The first kappa shape index (κ1) is 16.0. The molecule has 1 N–H and O–H groups in total. The summed E-state index contributed by atoms with van der Waals surface area (Å²) in [7, 11) is 0. The molecule has 2 fully saturated rings. The second kappa shape index (κ2) is 6.21. The topological polar surface area (TPSA) is 58.4 Å². The lowest BCUT2D eigenvalue weighted by molar-refractivity contribution is 0.0578. The van der Waals surface area contributed by atoms with Crippen molar-refractivity contribution in [3.63, 3.8) is 0 Å². The molecule has 134 valence electrons. The van der Waals surface area contributed by atoms with Gasteiger partial charge in [-0.3, -0.25) is 4.79 Å². The highest BCUT2D eigenvalue weighted by Gasteiger charge is 2.38. The number of hydrogen-bond donors (Lipinski definition) is 1. The number of fused-ring (bicyclic) bond motifs is 1. The third-order valence-corrected chi connectivity index (χ3v) is 6.82. The van der Waals surface area contributed by atoms with E-state index in [-0.39, 0.29) is 5.91 Å². The summed E-state index contributed by atoms with van der Waals surface area (Å²) in [6.45, 7) is 3.84. The lowest BCUT2D eigenvalue weighted by Gasteiger charge is -2.38. The van der Waals surface area contributed by atoms with Gasteiger partial charge in [-0.25, -0.2) is 4.98 Å². The molecule has 1 amide bonds. The number of furan rings is 1. The van der Waals surface area contributed by atoms with Gasteiger partial charge in [0.05, 0.1) is 10.2 Å². The molecule has 6 heteroatoms. The summed E-state index contributed by atoms with van der Waals surface area (Å²) in [4.78, 5) is 19.4. The van der Waals surface area contributed by atoms with Crippen molar-refractivity contribution in [2.75, 3.05) is 26.2 Å². The third kappa shape index (κ3) is 2.73. The lowest BCUT2D eigenvalue weighted by atomic mass is 9.78. The van der Waals surface area contributed by atoms with E-state index < -0.39 is 0 Å². The van der Waals surface area contributed by atoms with Crippen LogP contribution in [0.3, 0.4) is 0 Å². The molecule has 2 saturated heterocycles. The molecule has 1 aromatic carbocycles. The Hall–Kier alpha value is -2.18. The molecule has 0 atom stereocenters. The monoisotopic (exact) mass is 367 g/mol. The first-order valence-electron chi connectivity index (χ1n) is 9.18. The molecule has 2 aromatic heterocycles. The van der Waals surface area contributed by atoms with E-state index in [9.17, 15) is 4.79 Å². The van der Waals surface area contributed by atoms with Crippen molar-refractivity contribution >= 4 is 27.5 Å². The maximum absolute atomic E-state index is 12.8. The number of piperidine rings is 1. The second-order valence-electron chi connectivity index (χ2n) is 7.37. The van der Waals surface area contributed by atoms with E-state index in [1.807, 2.05) is 35.2 Å². The van der Waals surface area contributed by atoms with Gasteiger partial charge < -0.3 is 14.6 Å². The number of hydrogen-bond acceptors (Lipinski definition) is 5. The Morgan fingerprint density at radius 3 is 2.77 bits per heavy atom. The summed E-state index contributed by atoms with van der Waals surface area (Å²) < 4.78 is 7.00. The Balaban J connectivity index is 1.32. The van der Waals surface area contributed by atoms with E-state index >= 15 is 0 Å². The predicted molar refractivity (Wildman–Crippen MR) is 102 cm³/mol. The molecule has 3 aromatic rings. The van der Waals surface area contributed by atoms with Crippen molar-refractivity contribution < 1.29 is 9.21 Å². The number of carbonyl (C=O) groups excluding carboxylic acids is 1. The van der Waals surface area contributed by atoms with Crippen LogP contribution in [0.25, 0.3) is 21.0 Å². The minimum absolute atomic E-state index is 0.00170. The molecule has 2 aliphatic heterocycles. The van der Waals surface area contributed by atoms with Crippen LogP contribution in [0.1, 0.15) is 29.8 Å². The standard InChI is InChI=1S/C20H21N3O2S/c24-19(23-11-8-20(9-12-23)7-10-21-13-20)16-6-5-15(25-16)18-22-14-3-1-2-4-17(14)26-18/h1-6,21H,7-13H2. The summed E-state index contributed by atoms with van der Waals surface area (Å²) in [5.74, 6) is 1.08. The van der Waals surface area contributed by atoms with Gasteiger partial charge >= 0.3 is 0 Å². The number of thiazole rings is 1. The lowest BCUT2D eigenvalue weighted by Crippen LogP contribution is -2.43. The van der Waals surface area contributed by atoms with Gasteiger partial charge in [0.25, 0.3) is 5.91 Å². The zero-order chi connectivity index (χ0) is 17.6. The number of amides is 1. The van der Waals surface area contributed by atoms with Crippen LogP contribution >= 0.6 is 11.3 Å². The number of nitrogens with zero attached hydrogens (tertiary/aromatic N) is 2. The number of nitrogens with one attached hydrogen (secondary N) is 1. The van der Waals surface area contributed by atoms with E-state index in [1.54, 1.807) is 17.4 Å². The van der Waals surface area contributed by atoms with Crippen LogP contribution in [0, 0.1) is 5.41 Å². The molecule has 5 rings (SSSR count). The molecule has 0 radical (unpaired) electrons. The number of para-hydroxylation sites is 1. The quantitative estimate of drug-likeness (QED) is 0.749. The van der Waals surface area contributed by atoms with Crippen molar-refractivity contribution in [3.05, 3.63) is 42.2 Å². The molecule has 26 heavy (non-hydrogen) atoms. The van der Waals surface area contributed by atoms with Crippen molar-refractivity contribution in [2.24, 2.45) is 5.41 Å². The van der Waals surface area contributed by atoms with E-state index in [0.717, 1.165) is 54.2 Å². The zero-order valence-corrected chi connectivity index (χ0v) is 15.3. The average Bonchev–Trinajstić information content (AvgIpc) is 3.41. The number of benzene rings is 1. The van der Waals surface area contributed by atoms with Crippen molar-refractivity contribution in [3.8, 4) is 10.8 Å². The van der Waals surface area contributed by atoms with Crippen LogP contribution in [0.5, 0.6) is 0 Å². The first-order valence-corrected chi connectivity index (χ1v) is 10.00. The third-order valence-electron chi connectivity index (χ3n) is 5.76. The van der Waals surface area contributed by atoms with Gasteiger partial charge in [-0.15, -0.1) is 11.3 Å². The second-order valence-corrected chi connectivity index (χ2v) is 8.40. The highest BCUT2D eigenvalue weighted by atomic mass is 32.1. The normalized spacial score (nSPS) is 19.5. The molecular weight excluding hydrogens is 346 g/mol. The van der Waals surface area contributed by atoms with Gasteiger partial charge in [0, 0.05) is 19.6 Å². The van der Waals surface area contributed by atoms with Gasteiger partial charge in [-0.05, 0) is 55.5 Å². The molecule has 0 aliphatic carbocycles. The zero-order valence-electron chi connectivity index (χ0n) is 14.5. The van der Waals surface area contributed by atoms with Gasteiger partial charge in [-0.1, -0.05) is 12.1 Å². The molecule has 4 heterocycles. The summed E-state index contributed by atoms with van der Waals surface area (Å²) in [6, 6.07) is 11.7. The van der Waals surface area contributed by atoms with Crippen LogP contribution < -0.4 is 5.32 Å². The molecule has 5 nitrogen and oxygen atoms in total. The highest BCUT2D eigenvalue weighted by Crippen LogP contribution is 2.37. The fraction of sp³-hybridized carbons (Fsp3) is 0.400. The van der Waals surface area contributed by atoms with Crippen LogP contribution in [0.4, 0.5) is 0 Å². The van der Waals surface area contributed by atoms with Crippen LogP contribution in [-0.4, -0.2) is 42.0 Å². The summed E-state index contributed by atoms with van der Waals surface area (Å²) in [5, 5.41) is 4.28. The van der Waals surface area contributed by atoms with E-state index in [0.29, 0.717) is 16.9 Å². The summed E-state index contributed by atoms with van der Waals surface area (Å²) >= 11 is 1.59. The number of aromatic nitrogens is 1. The molecule has 2 aliphatic rings. The van der Waals surface area contributed by atoms with Crippen molar-refractivity contribution in [1.82, 2.24) is 15.2 Å². The van der Waals surface area contributed by atoms with Gasteiger partial charge in [-0.2, -0.15) is 0 Å². The van der Waals surface area contributed by atoms with E-state index in [1.165, 1.54) is 6.42 Å². The number of carbonyl (C=O) groups is 1. The average molecular weight is 367 g/mol. The number of likely N-dealkylation sites (tertiary alicyclic amines) is 1. The Morgan fingerprint density at radius 2 is 2.00 bits per heavy atom. The fourth-order valence-corrected chi connectivity index (χ4v) is 5.04. The van der Waals surface area contributed by atoms with Crippen LogP contribution in [0.2, 0.25) is 0 Å². The van der Waals surface area contributed by atoms with E-state index in [2.05, 4.69) is 10.3 Å². The van der Waals surface area contributed by atoms with Crippen LogP contribution in [0.15, 0.2) is 40.8 Å². The van der Waals surface area contributed by atoms with Crippen LogP contribution in [-0.2, 0) is 0 Å². The minimum atomic E-state index is -0.00170. The Bertz CT molecular complexity index is 912. The molecular formula is C20H21N3O2S. The van der Waals surface area contributed by atoms with Crippen molar-refractivity contribution in [1.29, 1.82) is 0 Å². The summed E-state index contributed by atoms with van der Waals surface area (Å²) in [5.41, 5.74) is 1.37. The molecule has 1 spiro atoms. The minimum Gasteiger partial charge on any atom is -0.448 e. The Kier molecular flexibility index (Phi) is 3.83.